The molecule has 0 unspecified atom stereocenters. The minimum Gasteiger partial charge on any atom is -0.353 e. The number of nitrogens with two attached hydrogens (primary N) is 1. The third-order valence-corrected chi connectivity index (χ3v) is 5.42. The fraction of sp³-hybridized carbons (Fsp3) is 0.632. The van der Waals surface area contributed by atoms with Crippen LogP contribution in [0, 0.1) is 5.92 Å². The third kappa shape index (κ3) is 4.33. The lowest BCUT2D eigenvalue weighted by Crippen LogP contribution is -2.35. The largest absolute Gasteiger partial charge is 0.353 e. The van der Waals surface area contributed by atoms with Crippen molar-refractivity contribution in [3.63, 3.8) is 0 Å². The number of rotatable bonds is 6. The van der Waals surface area contributed by atoms with Gasteiger partial charge in [-0.1, -0.05) is 43.2 Å². The molecular weight excluding hydrogens is 286 g/mol. The maximum absolute atomic E-state index is 12.1. The maximum atomic E-state index is 12.1. The molecule has 4 heteroatoms. The van der Waals surface area contributed by atoms with Crippen LogP contribution in [0.25, 0.3) is 0 Å². The van der Waals surface area contributed by atoms with Crippen LogP contribution in [0.4, 0.5) is 0 Å². The van der Waals surface area contributed by atoms with Crippen LogP contribution in [0.1, 0.15) is 43.6 Å². The number of hydrogen-bond acceptors (Lipinski definition) is 3. The van der Waals surface area contributed by atoms with Gasteiger partial charge < -0.3 is 16.0 Å². The molecule has 1 aromatic rings. The molecule has 0 spiro atoms. The Balaban J connectivity index is 1.48. The molecule has 2 atom stereocenters. The van der Waals surface area contributed by atoms with E-state index in [-0.39, 0.29) is 5.91 Å². The van der Waals surface area contributed by atoms with Crippen molar-refractivity contribution >= 4 is 5.91 Å². The van der Waals surface area contributed by atoms with E-state index in [1.54, 1.807) is 0 Å². The Labute approximate surface area is 139 Å². The fourth-order valence-electron chi connectivity index (χ4n) is 4.09. The molecule has 2 fully saturated rings. The molecule has 4 nitrogen and oxygen atoms in total. The summed E-state index contributed by atoms with van der Waals surface area (Å²) in [5.41, 5.74) is 7.36. The van der Waals surface area contributed by atoms with E-state index in [1.165, 1.54) is 18.4 Å². The molecule has 0 aromatic heterocycles. The molecule has 3 N–H and O–H groups in total. The number of nitrogens with one attached hydrogen (secondary N) is 1. The van der Waals surface area contributed by atoms with Gasteiger partial charge in [0.2, 0.25) is 5.91 Å². The molecule has 0 radical (unpaired) electrons. The zero-order chi connectivity index (χ0) is 16.1. The average molecular weight is 315 g/mol. The quantitative estimate of drug-likeness (QED) is 0.845. The van der Waals surface area contributed by atoms with Crippen molar-refractivity contribution in [1.82, 2.24) is 10.2 Å². The van der Waals surface area contributed by atoms with Gasteiger partial charge >= 0.3 is 0 Å². The lowest BCUT2D eigenvalue weighted by molar-refractivity contribution is -0.122. The summed E-state index contributed by atoms with van der Waals surface area (Å²) in [4.78, 5) is 14.5. The van der Waals surface area contributed by atoms with Crippen molar-refractivity contribution in [2.45, 2.75) is 44.1 Å². The zero-order valence-electron chi connectivity index (χ0n) is 13.9. The maximum Gasteiger partial charge on any atom is 0.221 e. The highest BCUT2D eigenvalue weighted by Gasteiger charge is 2.32. The molecule has 1 saturated carbocycles. The third-order valence-electron chi connectivity index (χ3n) is 5.42. The van der Waals surface area contributed by atoms with Crippen LogP contribution in [-0.2, 0) is 4.79 Å². The Morgan fingerprint density at radius 1 is 1.17 bits per heavy atom. The van der Waals surface area contributed by atoms with Gasteiger partial charge in [-0.2, -0.15) is 0 Å². The van der Waals surface area contributed by atoms with Gasteiger partial charge in [-0.05, 0) is 30.9 Å². The van der Waals surface area contributed by atoms with Gasteiger partial charge in [0.1, 0.15) is 0 Å². The number of nitrogens with zero attached hydrogens (tertiary/aromatic N) is 1. The fourth-order valence-corrected chi connectivity index (χ4v) is 4.09. The predicted octanol–water partition coefficient (Wildman–Crippen LogP) is 2.11. The van der Waals surface area contributed by atoms with Crippen molar-refractivity contribution in [3.8, 4) is 0 Å². The van der Waals surface area contributed by atoms with E-state index in [4.69, 9.17) is 5.73 Å². The van der Waals surface area contributed by atoms with Gasteiger partial charge in [0.25, 0.3) is 0 Å². The topological polar surface area (TPSA) is 58.4 Å². The Bertz CT molecular complexity index is 499. The number of benzene rings is 1. The predicted molar refractivity (Wildman–Crippen MR) is 93.2 cm³/mol. The number of hydrogen-bond donors (Lipinski definition) is 2. The molecule has 1 aliphatic carbocycles. The van der Waals surface area contributed by atoms with Crippen molar-refractivity contribution in [1.29, 1.82) is 0 Å². The summed E-state index contributed by atoms with van der Waals surface area (Å²) in [5, 5.41) is 3.18. The summed E-state index contributed by atoms with van der Waals surface area (Å²) in [7, 11) is 0. The van der Waals surface area contributed by atoms with E-state index in [0.717, 1.165) is 32.5 Å². The molecule has 1 heterocycles. The molecular formula is C19H29N3O. The van der Waals surface area contributed by atoms with Crippen LogP contribution < -0.4 is 11.1 Å². The normalized spacial score (nSPS) is 25.8. The van der Waals surface area contributed by atoms with E-state index in [9.17, 15) is 4.79 Å². The van der Waals surface area contributed by atoms with Crippen molar-refractivity contribution < 1.29 is 4.79 Å². The molecule has 1 aliphatic heterocycles. The Kier molecular flexibility index (Phi) is 5.68. The molecule has 23 heavy (non-hydrogen) atoms. The first kappa shape index (κ1) is 16.5. The van der Waals surface area contributed by atoms with Crippen LogP contribution >= 0.6 is 0 Å². The molecule has 126 valence electrons. The first-order valence-corrected chi connectivity index (χ1v) is 9.03. The lowest BCUT2D eigenvalue weighted by Gasteiger charge is -2.17. The van der Waals surface area contributed by atoms with E-state index in [2.05, 4.69) is 40.5 Å². The second-order valence-corrected chi connectivity index (χ2v) is 7.07. The monoisotopic (exact) mass is 315 g/mol. The molecule has 1 saturated heterocycles. The highest BCUT2D eigenvalue weighted by atomic mass is 16.1. The van der Waals surface area contributed by atoms with Crippen LogP contribution in [0.3, 0.4) is 0 Å². The molecule has 3 rings (SSSR count). The second-order valence-electron chi connectivity index (χ2n) is 7.07. The van der Waals surface area contributed by atoms with E-state index < -0.39 is 0 Å². The van der Waals surface area contributed by atoms with E-state index in [1.807, 2.05) is 0 Å². The first-order valence-electron chi connectivity index (χ1n) is 9.03. The van der Waals surface area contributed by atoms with Gasteiger partial charge in [-0.3, -0.25) is 4.79 Å². The lowest BCUT2D eigenvalue weighted by atomic mass is 9.89. The standard InChI is InChI=1S/C19H29N3O/c20-12-16-13-22(14-18(16)15-6-2-1-3-7-15)11-10-19(23)21-17-8-4-5-9-17/h1-3,6-7,16-18H,4-5,8-14,20H2,(H,21,23)/t16-,18+/m1/s1. The highest BCUT2D eigenvalue weighted by Crippen LogP contribution is 2.31. The average Bonchev–Trinajstić information content (AvgIpc) is 3.23. The Hall–Kier alpha value is -1.39. The second kappa shape index (κ2) is 7.93. The summed E-state index contributed by atoms with van der Waals surface area (Å²) in [6.07, 6.45) is 5.43. The first-order chi connectivity index (χ1) is 11.3. The van der Waals surface area contributed by atoms with Gasteiger partial charge in [0, 0.05) is 38.0 Å². The number of carbonyl (C=O) groups excluding carboxylic acids is 1. The van der Waals surface area contributed by atoms with Crippen LogP contribution in [0.2, 0.25) is 0 Å². The Morgan fingerprint density at radius 3 is 2.61 bits per heavy atom. The van der Waals surface area contributed by atoms with Crippen molar-refractivity contribution in [3.05, 3.63) is 35.9 Å². The highest BCUT2D eigenvalue weighted by molar-refractivity contribution is 5.76. The van der Waals surface area contributed by atoms with Crippen molar-refractivity contribution in [2.24, 2.45) is 11.7 Å². The summed E-state index contributed by atoms with van der Waals surface area (Å²) in [6, 6.07) is 11.1. The summed E-state index contributed by atoms with van der Waals surface area (Å²) in [5.74, 6) is 1.21. The smallest absolute Gasteiger partial charge is 0.221 e. The summed E-state index contributed by atoms with van der Waals surface area (Å²) < 4.78 is 0. The number of carbonyl (C=O) groups is 1. The number of likely N-dealkylation sites (tertiary alicyclic amines) is 1. The van der Waals surface area contributed by atoms with Crippen LogP contribution in [0.5, 0.6) is 0 Å². The SMILES string of the molecule is NC[C@@H]1CN(CCC(=O)NC2CCCC2)C[C@H]1c1ccccc1. The summed E-state index contributed by atoms with van der Waals surface area (Å²) >= 11 is 0. The molecule has 0 bridgehead atoms. The van der Waals surface area contributed by atoms with Crippen LogP contribution in [0.15, 0.2) is 30.3 Å². The Morgan fingerprint density at radius 2 is 1.91 bits per heavy atom. The van der Waals surface area contributed by atoms with E-state index in [0.29, 0.717) is 30.8 Å². The van der Waals surface area contributed by atoms with Gasteiger partial charge in [-0.15, -0.1) is 0 Å². The van der Waals surface area contributed by atoms with E-state index >= 15 is 0 Å². The van der Waals surface area contributed by atoms with Crippen LogP contribution in [-0.4, -0.2) is 43.0 Å². The minimum absolute atomic E-state index is 0.212. The zero-order valence-corrected chi connectivity index (χ0v) is 13.9. The van der Waals surface area contributed by atoms with Gasteiger partial charge in [0.05, 0.1) is 0 Å². The molecule has 1 amide bonds. The molecule has 2 aliphatic rings. The minimum atomic E-state index is 0.212. The van der Waals surface area contributed by atoms with Crippen molar-refractivity contribution in [2.75, 3.05) is 26.2 Å². The van der Waals surface area contributed by atoms with Gasteiger partial charge in [-0.25, -0.2) is 0 Å². The summed E-state index contributed by atoms with van der Waals surface area (Å²) in [6.45, 7) is 3.58. The van der Waals surface area contributed by atoms with Gasteiger partial charge in [0.15, 0.2) is 0 Å². The number of amides is 1. The molecule has 1 aromatic carbocycles.